The van der Waals surface area contributed by atoms with E-state index in [1.54, 1.807) is 19.2 Å². The largest absolute Gasteiger partial charge is 0.332 e. The molecule has 0 spiro atoms. The number of halogens is 1. The van der Waals surface area contributed by atoms with E-state index >= 15 is 0 Å². The minimum absolute atomic E-state index is 0.0799. The second-order valence-electron chi connectivity index (χ2n) is 5.84. The predicted octanol–water partition coefficient (Wildman–Crippen LogP) is 4.06. The quantitative estimate of drug-likeness (QED) is 0.766. The van der Waals surface area contributed by atoms with E-state index in [4.69, 9.17) is 0 Å². The van der Waals surface area contributed by atoms with Gasteiger partial charge >= 0.3 is 0 Å². The fourth-order valence-electron chi connectivity index (χ4n) is 2.44. The maximum Gasteiger partial charge on any atom is 0.264 e. The van der Waals surface area contributed by atoms with Crippen LogP contribution < -0.4 is 5.32 Å². The van der Waals surface area contributed by atoms with Gasteiger partial charge in [-0.2, -0.15) is 0 Å². The number of likely N-dealkylation sites (N-methyl/N-ethyl adjacent to an activating group) is 1. The molecule has 4 nitrogen and oxygen atoms in total. The summed E-state index contributed by atoms with van der Waals surface area (Å²) in [7, 11) is 1.55. The van der Waals surface area contributed by atoms with Gasteiger partial charge in [-0.3, -0.25) is 9.59 Å². The van der Waals surface area contributed by atoms with E-state index in [-0.39, 0.29) is 24.2 Å². The van der Waals surface area contributed by atoms with E-state index in [0.29, 0.717) is 20.7 Å². The highest BCUT2D eigenvalue weighted by Crippen LogP contribution is 2.28. The minimum Gasteiger partial charge on any atom is -0.332 e. The molecule has 2 amide bonds. The topological polar surface area (TPSA) is 49.4 Å². The molecule has 3 rings (SSSR count). The third kappa shape index (κ3) is 3.85. The van der Waals surface area contributed by atoms with Crippen LogP contribution in [0.3, 0.4) is 0 Å². The molecule has 1 N–H and O–H groups in total. The summed E-state index contributed by atoms with van der Waals surface area (Å²) in [5.74, 6) is -0.945. The van der Waals surface area contributed by atoms with Crippen LogP contribution in [0, 0.1) is 12.7 Å². The highest BCUT2D eigenvalue weighted by atomic mass is 32.1. The molecule has 0 radical (unpaired) electrons. The van der Waals surface area contributed by atoms with Crippen molar-refractivity contribution in [2.75, 3.05) is 18.9 Å². The molecule has 3 aromatic rings. The summed E-state index contributed by atoms with van der Waals surface area (Å²) in [4.78, 5) is 26.3. The second-order valence-corrected chi connectivity index (χ2v) is 6.92. The molecule has 0 aliphatic carbocycles. The van der Waals surface area contributed by atoms with Gasteiger partial charge in [0.15, 0.2) is 0 Å². The number of hydrogen-bond donors (Lipinski definition) is 1. The smallest absolute Gasteiger partial charge is 0.264 e. The molecule has 6 heteroatoms. The molecule has 0 aliphatic heterocycles. The molecule has 2 aromatic carbocycles. The van der Waals surface area contributed by atoms with Crippen molar-refractivity contribution >= 4 is 38.9 Å². The fourth-order valence-corrected chi connectivity index (χ4v) is 3.51. The van der Waals surface area contributed by atoms with Crippen LogP contribution in [0.2, 0.25) is 0 Å². The Balaban J connectivity index is 1.68. The Morgan fingerprint density at radius 3 is 2.56 bits per heavy atom. The molecule has 0 fully saturated rings. The van der Waals surface area contributed by atoms with Crippen molar-refractivity contribution in [3.8, 4) is 0 Å². The van der Waals surface area contributed by atoms with Crippen molar-refractivity contribution in [2.45, 2.75) is 6.92 Å². The van der Waals surface area contributed by atoms with Gasteiger partial charge < -0.3 is 10.2 Å². The van der Waals surface area contributed by atoms with Crippen LogP contribution >= 0.6 is 11.3 Å². The van der Waals surface area contributed by atoms with Gasteiger partial charge in [0.25, 0.3) is 5.91 Å². The Bertz CT molecular complexity index is 934. The molecule has 1 heterocycles. The normalized spacial score (nSPS) is 10.7. The Morgan fingerprint density at radius 2 is 1.88 bits per heavy atom. The van der Waals surface area contributed by atoms with E-state index in [9.17, 15) is 14.0 Å². The summed E-state index contributed by atoms with van der Waals surface area (Å²) in [5, 5.41) is 3.18. The molecule has 0 saturated carbocycles. The summed E-state index contributed by atoms with van der Waals surface area (Å²) in [6.45, 7) is 1.88. The second kappa shape index (κ2) is 7.03. The van der Waals surface area contributed by atoms with Gasteiger partial charge in [-0.05, 0) is 37.3 Å². The van der Waals surface area contributed by atoms with Crippen LogP contribution in [-0.2, 0) is 4.79 Å². The Labute approximate surface area is 148 Å². The molecular weight excluding hydrogens is 339 g/mol. The number of carbonyl (C=O) groups excluding carboxylic acids is 2. The van der Waals surface area contributed by atoms with E-state index < -0.39 is 0 Å². The van der Waals surface area contributed by atoms with Gasteiger partial charge in [-0.15, -0.1) is 11.3 Å². The number of fused-ring (bicyclic) bond motifs is 1. The van der Waals surface area contributed by atoms with E-state index in [1.165, 1.54) is 28.4 Å². The highest BCUT2D eigenvalue weighted by molar-refractivity contribution is 7.20. The highest BCUT2D eigenvalue weighted by Gasteiger charge is 2.18. The summed E-state index contributed by atoms with van der Waals surface area (Å²) in [5.41, 5.74) is 1.78. The number of nitrogens with one attached hydrogen (secondary N) is 1. The SMILES string of the molecule is Cc1ccc(NC(=O)CN(C)C(=O)c2cc3c(F)cccc3s2)cc1. The van der Waals surface area contributed by atoms with Gasteiger partial charge in [-0.25, -0.2) is 4.39 Å². The molecule has 0 unspecified atom stereocenters. The zero-order valence-corrected chi connectivity index (χ0v) is 14.7. The number of nitrogens with zero attached hydrogens (tertiary/aromatic N) is 1. The molecule has 0 aliphatic rings. The lowest BCUT2D eigenvalue weighted by Gasteiger charge is -2.16. The average Bonchev–Trinajstić information content (AvgIpc) is 3.02. The zero-order valence-electron chi connectivity index (χ0n) is 13.9. The van der Waals surface area contributed by atoms with Gasteiger partial charge in [0, 0.05) is 22.8 Å². The number of hydrogen-bond acceptors (Lipinski definition) is 3. The number of rotatable bonds is 4. The minimum atomic E-state index is -0.354. The average molecular weight is 356 g/mol. The first-order valence-electron chi connectivity index (χ1n) is 7.74. The monoisotopic (exact) mass is 356 g/mol. The number of amides is 2. The van der Waals surface area contributed by atoms with E-state index in [0.717, 1.165) is 5.56 Å². The van der Waals surface area contributed by atoms with Crippen LogP contribution in [0.1, 0.15) is 15.2 Å². The lowest BCUT2D eigenvalue weighted by Crippen LogP contribution is -2.34. The first kappa shape index (κ1) is 17.1. The lowest BCUT2D eigenvalue weighted by molar-refractivity contribution is -0.116. The fraction of sp³-hybridized carbons (Fsp3) is 0.158. The summed E-state index contributed by atoms with van der Waals surface area (Å²) in [6, 6.07) is 13.7. The summed E-state index contributed by atoms with van der Waals surface area (Å²) < 4.78 is 14.5. The molecular formula is C19H17FN2O2S. The van der Waals surface area contributed by atoms with Gasteiger partial charge in [0.2, 0.25) is 5.91 Å². The van der Waals surface area contributed by atoms with Crippen molar-refractivity contribution in [1.82, 2.24) is 4.90 Å². The van der Waals surface area contributed by atoms with Gasteiger partial charge in [-0.1, -0.05) is 23.8 Å². The van der Waals surface area contributed by atoms with Crippen LogP contribution in [0.15, 0.2) is 48.5 Å². The molecule has 25 heavy (non-hydrogen) atoms. The van der Waals surface area contributed by atoms with E-state index in [2.05, 4.69) is 5.32 Å². The van der Waals surface area contributed by atoms with Crippen LogP contribution in [0.25, 0.3) is 10.1 Å². The van der Waals surface area contributed by atoms with Gasteiger partial charge in [0.05, 0.1) is 11.4 Å². The van der Waals surface area contributed by atoms with Crippen LogP contribution in [-0.4, -0.2) is 30.3 Å². The lowest BCUT2D eigenvalue weighted by atomic mass is 10.2. The maximum atomic E-state index is 13.8. The predicted molar refractivity (Wildman–Crippen MR) is 98.6 cm³/mol. The standard InChI is InChI=1S/C19H17FN2O2S/c1-12-6-8-13(9-7-12)21-18(23)11-22(2)19(24)17-10-14-15(20)4-3-5-16(14)25-17/h3-10H,11H2,1-2H3,(H,21,23). The zero-order chi connectivity index (χ0) is 18.0. The van der Waals surface area contributed by atoms with Crippen molar-refractivity contribution in [3.05, 3.63) is 64.8 Å². The van der Waals surface area contributed by atoms with Crippen molar-refractivity contribution < 1.29 is 14.0 Å². The first-order valence-corrected chi connectivity index (χ1v) is 8.56. The summed E-state index contributed by atoms with van der Waals surface area (Å²) >= 11 is 1.22. The van der Waals surface area contributed by atoms with Gasteiger partial charge in [0.1, 0.15) is 5.82 Å². The molecule has 128 valence electrons. The summed E-state index contributed by atoms with van der Waals surface area (Å²) in [6.07, 6.45) is 0. The first-order chi connectivity index (χ1) is 11.9. The Morgan fingerprint density at radius 1 is 1.16 bits per heavy atom. The third-order valence-electron chi connectivity index (χ3n) is 3.78. The Kier molecular flexibility index (Phi) is 4.81. The number of benzene rings is 2. The van der Waals surface area contributed by atoms with Crippen molar-refractivity contribution in [3.63, 3.8) is 0 Å². The molecule has 1 aromatic heterocycles. The van der Waals surface area contributed by atoms with Crippen molar-refractivity contribution in [1.29, 1.82) is 0 Å². The molecule has 0 bridgehead atoms. The molecule has 0 saturated heterocycles. The van der Waals surface area contributed by atoms with E-state index in [1.807, 2.05) is 31.2 Å². The van der Waals surface area contributed by atoms with Crippen LogP contribution in [0.5, 0.6) is 0 Å². The number of anilines is 1. The van der Waals surface area contributed by atoms with Crippen molar-refractivity contribution in [2.24, 2.45) is 0 Å². The van der Waals surface area contributed by atoms with Crippen LogP contribution in [0.4, 0.5) is 10.1 Å². The Hall–Kier alpha value is -2.73. The number of thiophene rings is 1. The third-order valence-corrected chi connectivity index (χ3v) is 4.87. The number of carbonyl (C=O) groups is 2. The maximum absolute atomic E-state index is 13.8. The number of aryl methyl sites for hydroxylation is 1. The molecule has 0 atom stereocenters.